The number of hydrogen-bond acceptors (Lipinski definition) is 7. The van der Waals surface area contributed by atoms with Gasteiger partial charge in [-0.25, -0.2) is 4.99 Å². The quantitative estimate of drug-likeness (QED) is 0.196. The molecule has 0 spiro atoms. The number of nitro benzene ring substituents is 1. The number of aromatic nitrogens is 1. The van der Waals surface area contributed by atoms with Crippen LogP contribution in [0.4, 0.5) is 5.69 Å². The molecule has 10 heteroatoms. The molecule has 1 aromatic heterocycles. The van der Waals surface area contributed by atoms with Gasteiger partial charge in [0.1, 0.15) is 5.76 Å². The Labute approximate surface area is 188 Å². The summed E-state index contributed by atoms with van der Waals surface area (Å²) in [6.07, 6.45) is 0.899. The van der Waals surface area contributed by atoms with Gasteiger partial charge in [0.05, 0.1) is 17.2 Å². The zero-order valence-corrected chi connectivity index (χ0v) is 18.8. The number of guanidine groups is 1. The second-order valence-corrected chi connectivity index (χ2v) is 7.73. The van der Waals surface area contributed by atoms with Crippen molar-refractivity contribution < 1.29 is 14.2 Å². The highest BCUT2D eigenvalue weighted by Crippen LogP contribution is 2.13. The van der Waals surface area contributed by atoms with Gasteiger partial charge in [-0.1, -0.05) is 17.3 Å². The molecule has 1 saturated heterocycles. The molecule has 174 valence electrons. The van der Waals surface area contributed by atoms with Crippen molar-refractivity contribution in [1.29, 1.82) is 0 Å². The second-order valence-electron chi connectivity index (χ2n) is 7.73. The predicted octanol–water partition coefficient (Wildman–Crippen LogP) is 2.58. The third kappa shape index (κ3) is 7.31. The van der Waals surface area contributed by atoms with Gasteiger partial charge in [0.15, 0.2) is 5.96 Å². The summed E-state index contributed by atoms with van der Waals surface area (Å²) < 4.78 is 10.6. The number of nitrogens with zero attached hydrogens (tertiary/aromatic N) is 5. The molecular formula is C22H32N6O4. The van der Waals surface area contributed by atoms with Gasteiger partial charge in [0.2, 0.25) is 0 Å². The molecular weight excluding hydrogens is 412 g/mol. The minimum absolute atomic E-state index is 0.0884. The molecule has 2 aromatic rings. The first kappa shape index (κ1) is 23.7. The summed E-state index contributed by atoms with van der Waals surface area (Å²) in [7, 11) is 0. The number of aryl methyl sites for hydroxylation is 1. The fraction of sp³-hybridized carbons (Fsp3) is 0.545. The lowest BCUT2D eigenvalue weighted by molar-refractivity contribution is -0.384. The van der Waals surface area contributed by atoms with Crippen molar-refractivity contribution in [2.24, 2.45) is 4.99 Å². The second kappa shape index (κ2) is 12.2. The van der Waals surface area contributed by atoms with E-state index >= 15 is 0 Å². The van der Waals surface area contributed by atoms with Crippen LogP contribution < -0.4 is 5.32 Å². The van der Waals surface area contributed by atoms with Crippen molar-refractivity contribution >= 4 is 11.6 Å². The third-order valence-corrected chi connectivity index (χ3v) is 5.25. The molecule has 0 atom stereocenters. The van der Waals surface area contributed by atoms with E-state index in [-0.39, 0.29) is 5.69 Å². The van der Waals surface area contributed by atoms with Crippen molar-refractivity contribution in [3.05, 3.63) is 57.5 Å². The van der Waals surface area contributed by atoms with Gasteiger partial charge in [0.25, 0.3) is 5.69 Å². The van der Waals surface area contributed by atoms with Gasteiger partial charge < -0.3 is 19.5 Å². The Morgan fingerprint density at radius 2 is 2.03 bits per heavy atom. The van der Waals surface area contributed by atoms with E-state index in [1.165, 1.54) is 12.1 Å². The number of rotatable bonds is 10. The number of piperazine rings is 1. The molecule has 32 heavy (non-hydrogen) atoms. The van der Waals surface area contributed by atoms with Gasteiger partial charge in [-0.05, 0) is 25.8 Å². The molecule has 3 rings (SSSR count). The molecule has 2 heterocycles. The molecule has 0 radical (unpaired) electrons. The molecule has 1 aromatic carbocycles. The molecule has 0 aliphatic carbocycles. The molecule has 0 amide bonds. The summed E-state index contributed by atoms with van der Waals surface area (Å²) in [5.41, 5.74) is 1.98. The number of hydrogen-bond donors (Lipinski definition) is 1. The molecule has 1 N–H and O–H groups in total. The first-order chi connectivity index (χ1) is 15.5. The number of nitrogens with one attached hydrogen (secondary N) is 1. The van der Waals surface area contributed by atoms with Crippen LogP contribution in [0.3, 0.4) is 0 Å². The van der Waals surface area contributed by atoms with Crippen molar-refractivity contribution in [1.82, 2.24) is 20.3 Å². The van der Waals surface area contributed by atoms with E-state index in [1.54, 1.807) is 12.1 Å². The van der Waals surface area contributed by atoms with E-state index in [4.69, 9.17) is 14.3 Å². The maximum absolute atomic E-state index is 10.9. The highest BCUT2D eigenvalue weighted by atomic mass is 16.6. The molecule has 1 aliphatic rings. The Balaban J connectivity index is 1.57. The Bertz CT molecular complexity index is 875. The standard InChI is InChI=1S/C22H32N6O4/c1-3-31-14-4-9-23-22(24-16-19-5-7-21(8-6-19)28(29)30)27-12-10-26(11-13-27)17-20-15-18(2)32-25-20/h5-8,15H,3-4,9-14,16-17H2,1-2H3,(H,23,24). The Hall–Kier alpha value is -2.98. The summed E-state index contributed by atoms with van der Waals surface area (Å²) in [6.45, 7) is 10.9. The van der Waals surface area contributed by atoms with Crippen molar-refractivity contribution in [2.45, 2.75) is 33.4 Å². The molecule has 0 unspecified atom stereocenters. The topological polar surface area (TPSA) is 109 Å². The largest absolute Gasteiger partial charge is 0.382 e. The van der Waals surface area contributed by atoms with E-state index in [9.17, 15) is 10.1 Å². The minimum atomic E-state index is -0.391. The van der Waals surface area contributed by atoms with Crippen LogP contribution in [0.15, 0.2) is 39.8 Å². The van der Waals surface area contributed by atoms with Crippen LogP contribution in [0, 0.1) is 17.0 Å². The molecule has 0 bridgehead atoms. The molecule has 1 fully saturated rings. The third-order valence-electron chi connectivity index (χ3n) is 5.25. The summed E-state index contributed by atoms with van der Waals surface area (Å²) in [6, 6.07) is 8.52. The highest BCUT2D eigenvalue weighted by Gasteiger charge is 2.20. The Morgan fingerprint density at radius 3 is 2.66 bits per heavy atom. The smallest absolute Gasteiger partial charge is 0.269 e. The first-order valence-electron chi connectivity index (χ1n) is 11.0. The van der Waals surface area contributed by atoms with Crippen LogP contribution >= 0.6 is 0 Å². The predicted molar refractivity (Wildman–Crippen MR) is 121 cm³/mol. The monoisotopic (exact) mass is 444 g/mol. The Kier molecular flexibility index (Phi) is 9.00. The number of aliphatic imine (C=N–C) groups is 1. The van der Waals surface area contributed by atoms with Crippen molar-refractivity contribution in [2.75, 3.05) is 45.9 Å². The van der Waals surface area contributed by atoms with Crippen LogP contribution in [0.2, 0.25) is 0 Å². The lowest BCUT2D eigenvalue weighted by Gasteiger charge is -2.36. The van der Waals surface area contributed by atoms with Gasteiger partial charge in [-0.3, -0.25) is 15.0 Å². The number of benzene rings is 1. The lowest BCUT2D eigenvalue weighted by atomic mass is 10.2. The molecule has 1 aliphatic heterocycles. The number of nitro groups is 1. The van der Waals surface area contributed by atoms with Gasteiger partial charge in [-0.15, -0.1) is 0 Å². The SMILES string of the molecule is CCOCCCNC(=NCc1ccc([N+](=O)[O-])cc1)N1CCN(Cc2cc(C)on2)CC1. The average Bonchev–Trinajstić information content (AvgIpc) is 3.21. The summed E-state index contributed by atoms with van der Waals surface area (Å²) >= 11 is 0. The molecule has 0 saturated carbocycles. The zero-order chi connectivity index (χ0) is 22.8. The lowest BCUT2D eigenvalue weighted by Crippen LogP contribution is -2.52. The van der Waals surface area contributed by atoms with E-state index < -0.39 is 4.92 Å². The van der Waals surface area contributed by atoms with Crippen molar-refractivity contribution in [3.8, 4) is 0 Å². The Morgan fingerprint density at radius 1 is 1.28 bits per heavy atom. The fourth-order valence-corrected chi connectivity index (χ4v) is 3.52. The summed E-state index contributed by atoms with van der Waals surface area (Å²) in [4.78, 5) is 19.9. The van der Waals surface area contributed by atoms with Crippen LogP contribution in [0.5, 0.6) is 0 Å². The summed E-state index contributed by atoms with van der Waals surface area (Å²) in [5.74, 6) is 1.69. The van der Waals surface area contributed by atoms with Crippen molar-refractivity contribution in [3.63, 3.8) is 0 Å². The van der Waals surface area contributed by atoms with Crippen LogP contribution in [-0.4, -0.2) is 71.8 Å². The number of non-ortho nitro benzene ring substituents is 1. The fourth-order valence-electron chi connectivity index (χ4n) is 3.52. The van der Waals surface area contributed by atoms with E-state index in [0.717, 1.165) is 68.7 Å². The number of ether oxygens (including phenoxy) is 1. The van der Waals surface area contributed by atoms with E-state index in [0.29, 0.717) is 19.8 Å². The van der Waals surface area contributed by atoms with Crippen LogP contribution in [-0.2, 0) is 17.8 Å². The van der Waals surface area contributed by atoms with Crippen LogP contribution in [0.25, 0.3) is 0 Å². The average molecular weight is 445 g/mol. The van der Waals surface area contributed by atoms with Crippen LogP contribution in [0.1, 0.15) is 30.4 Å². The zero-order valence-electron chi connectivity index (χ0n) is 18.8. The van der Waals surface area contributed by atoms with E-state index in [2.05, 4.69) is 20.3 Å². The van der Waals surface area contributed by atoms with Gasteiger partial charge in [-0.2, -0.15) is 0 Å². The minimum Gasteiger partial charge on any atom is -0.382 e. The van der Waals surface area contributed by atoms with Gasteiger partial charge in [0, 0.05) is 70.7 Å². The van der Waals surface area contributed by atoms with Gasteiger partial charge >= 0.3 is 0 Å². The van der Waals surface area contributed by atoms with E-state index in [1.807, 2.05) is 19.9 Å². The normalized spacial score (nSPS) is 15.2. The molecule has 10 nitrogen and oxygen atoms in total. The first-order valence-corrected chi connectivity index (χ1v) is 11.0. The highest BCUT2D eigenvalue weighted by molar-refractivity contribution is 5.80. The summed E-state index contributed by atoms with van der Waals surface area (Å²) in [5, 5.41) is 18.4. The maximum Gasteiger partial charge on any atom is 0.269 e. The maximum atomic E-state index is 10.9.